The second-order valence-electron chi connectivity index (χ2n) is 7.98. The molecule has 0 aliphatic heterocycles. The topological polar surface area (TPSA) is 0 Å². The van der Waals surface area contributed by atoms with Crippen LogP contribution < -0.4 is 5.30 Å². The first-order valence-electron chi connectivity index (χ1n) is 9.86. The molecule has 1 heteroatoms. The summed E-state index contributed by atoms with van der Waals surface area (Å²) in [5.74, 6) is 0. The molecule has 3 saturated carbocycles. The third-order valence-corrected chi connectivity index (χ3v) is 13.4. The highest BCUT2D eigenvalue weighted by Gasteiger charge is 2.59. The van der Waals surface area contributed by atoms with Gasteiger partial charge in [-0.05, 0) is 89.2 Å². The highest BCUT2D eigenvalue weighted by atomic mass is 31.2. The maximum absolute atomic E-state index is 2.54. The first-order chi connectivity index (χ1) is 10.9. The highest BCUT2D eigenvalue weighted by Crippen LogP contribution is 2.77. The van der Waals surface area contributed by atoms with Crippen molar-refractivity contribution >= 4 is 12.6 Å². The van der Waals surface area contributed by atoms with Crippen LogP contribution in [0.5, 0.6) is 0 Å². The Morgan fingerprint density at radius 2 is 0.909 bits per heavy atom. The molecule has 0 nitrogen and oxygen atoms in total. The lowest BCUT2D eigenvalue weighted by Crippen LogP contribution is -2.36. The average molecular weight is 315 g/mol. The zero-order valence-corrected chi connectivity index (χ0v) is 14.9. The lowest BCUT2D eigenvalue weighted by atomic mass is 10.3. The van der Waals surface area contributed by atoms with E-state index in [0.29, 0.717) is 0 Å². The molecule has 0 heterocycles. The molecule has 0 aromatic heterocycles. The Labute approximate surface area is 137 Å². The predicted molar refractivity (Wildman–Crippen MR) is 99.8 cm³/mol. The minimum atomic E-state index is -0.991. The maximum atomic E-state index is 2.54. The SMILES string of the molecule is c1ccc([P+](C2CCCC2)(C2CCCC2)C2CCCC2)cc1. The molecule has 0 N–H and O–H groups in total. The molecule has 0 saturated heterocycles. The fourth-order valence-electron chi connectivity index (χ4n) is 6.21. The summed E-state index contributed by atoms with van der Waals surface area (Å²) in [6.45, 7) is 0. The fourth-order valence-corrected chi connectivity index (χ4v) is 13.6. The zero-order chi connectivity index (χ0) is 14.8. The van der Waals surface area contributed by atoms with Crippen LogP contribution in [0.3, 0.4) is 0 Å². The molecule has 3 fully saturated rings. The summed E-state index contributed by atoms with van der Waals surface area (Å²) in [5, 5.41) is 1.83. The molecule has 3 aliphatic rings. The molecule has 0 atom stereocenters. The van der Waals surface area contributed by atoms with Gasteiger partial charge in [-0.1, -0.05) is 18.2 Å². The minimum Gasteiger partial charge on any atom is -0.0620 e. The second kappa shape index (κ2) is 6.64. The number of hydrogen-bond acceptors (Lipinski definition) is 0. The molecule has 22 heavy (non-hydrogen) atoms. The van der Waals surface area contributed by atoms with Gasteiger partial charge >= 0.3 is 0 Å². The molecule has 3 aliphatic carbocycles. The van der Waals surface area contributed by atoms with E-state index in [1.54, 1.807) is 38.5 Å². The van der Waals surface area contributed by atoms with Crippen molar-refractivity contribution in [3.8, 4) is 0 Å². The molecule has 0 unspecified atom stereocenters. The Morgan fingerprint density at radius 1 is 0.545 bits per heavy atom. The van der Waals surface area contributed by atoms with Crippen molar-refractivity contribution in [2.75, 3.05) is 0 Å². The minimum absolute atomic E-state index is 0.991. The Hall–Kier alpha value is -0.350. The summed E-state index contributed by atoms with van der Waals surface area (Å²) in [5.41, 5.74) is 3.25. The van der Waals surface area contributed by atoms with Gasteiger partial charge < -0.3 is 0 Å². The summed E-state index contributed by atoms with van der Waals surface area (Å²) in [4.78, 5) is 0. The molecule has 1 aromatic rings. The van der Waals surface area contributed by atoms with Gasteiger partial charge in [0.25, 0.3) is 0 Å². The van der Waals surface area contributed by atoms with E-state index in [2.05, 4.69) is 30.3 Å². The molecule has 0 bridgehead atoms. The van der Waals surface area contributed by atoms with Gasteiger partial charge in [0, 0.05) is 0 Å². The summed E-state index contributed by atoms with van der Waals surface area (Å²) in [6.07, 6.45) is 18.4. The van der Waals surface area contributed by atoms with E-state index in [4.69, 9.17) is 0 Å². The lowest BCUT2D eigenvalue weighted by molar-refractivity contribution is 0.762. The van der Waals surface area contributed by atoms with Gasteiger partial charge in [0.05, 0.1) is 29.5 Å². The van der Waals surface area contributed by atoms with Crippen LogP contribution in [-0.4, -0.2) is 17.0 Å². The van der Waals surface area contributed by atoms with E-state index in [-0.39, 0.29) is 0 Å². The van der Waals surface area contributed by atoms with Crippen LogP contribution in [0.25, 0.3) is 0 Å². The van der Waals surface area contributed by atoms with Crippen molar-refractivity contribution in [1.29, 1.82) is 0 Å². The van der Waals surface area contributed by atoms with Crippen molar-refractivity contribution in [1.82, 2.24) is 0 Å². The molecular formula is C21H32P+. The fraction of sp³-hybridized carbons (Fsp3) is 0.714. The van der Waals surface area contributed by atoms with E-state index in [1.165, 1.54) is 38.5 Å². The van der Waals surface area contributed by atoms with Crippen molar-refractivity contribution in [3.63, 3.8) is 0 Å². The van der Waals surface area contributed by atoms with Gasteiger partial charge in [-0.2, -0.15) is 0 Å². The smallest absolute Gasteiger partial charge is 0.0620 e. The number of rotatable bonds is 4. The van der Waals surface area contributed by atoms with Crippen LogP contribution in [0.2, 0.25) is 0 Å². The van der Waals surface area contributed by atoms with E-state index in [9.17, 15) is 0 Å². The highest BCUT2D eigenvalue weighted by molar-refractivity contribution is 7.84. The van der Waals surface area contributed by atoms with Crippen LogP contribution in [0, 0.1) is 0 Å². The second-order valence-corrected chi connectivity index (χ2v) is 12.4. The normalized spacial score (nSPS) is 25.3. The van der Waals surface area contributed by atoms with Crippen LogP contribution in [-0.2, 0) is 0 Å². The largest absolute Gasteiger partial charge is 0.0948 e. The monoisotopic (exact) mass is 315 g/mol. The summed E-state index contributed by atoms with van der Waals surface area (Å²) >= 11 is 0. The molecular weight excluding hydrogens is 283 g/mol. The first kappa shape index (κ1) is 15.2. The standard InChI is InChI=1S/C21H32P/c1-2-10-18(11-3-1)22(19-12-4-5-13-19,20-14-6-7-15-20)21-16-8-9-17-21/h1-3,10-11,19-21H,4-9,12-17H2/q+1. The van der Waals surface area contributed by atoms with Gasteiger partial charge in [-0.15, -0.1) is 0 Å². The molecule has 0 radical (unpaired) electrons. The lowest BCUT2D eigenvalue weighted by Gasteiger charge is -2.42. The van der Waals surface area contributed by atoms with Crippen molar-refractivity contribution in [2.24, 2.45) is 0 Å². The molecule has 4 rings (SSSR count). The molecule has 0 amide bonds. The summed E-state index contributed by atoms with van der Waals surface area (Å²) in [7, 11) is -0.991. The Morgan fingerprint density at radius 3 is 1.27 bits per heavy atom. The molecule has 120 valence electrons. The van der Waals surface area contributed by atoms with Crippen LogP contribution in [0.4, 0.5) is 0 Å². The van der Waals surface area contributed by atoms with Crippen LogP contribution >= 0.6 is 7.26 Å². The average Bonchev–Trinajstić information content (AvgIpc) is 3.34. The van der Waals surface area contributed by atoms with E-state index >= 15 is 0 Å². The van der Waals surface area contributed by atoms with Crippen molar-refractivity contribution < 1.29 is 0 Å². The third-order valence-electron chi connectivity index (χ3n) is 6.99. The predicted octanol–water partition coefficient (Wildman–Crippen LogP) is 6.16. The quantitative estimate of drug-likeness (QED) is 0.584. The maximum Gasteiger partial charge on any atom is 0.0948 e. The molecule has 1 aromatic carbocycles. The van der Waals surface area contributed by atoms with Crippen molar-refractivity contribution in [2.45, 2.75) is 94.0 Å². The van der Waals surface area contributed by atoms with Gasteiger partial charge in [-0.25, -0.2) is 0 Å². The summed E-state index contributed by atoms with van der Waals surface area (Å²) in [6, 6.07) is 12.0. The third kappa shape index (κ3) is 2.47. The van der Waals surface area contributed by atoms with Gasteiger partial charge in [0.1, 0.15) is 0 Å². The van der Waals surface area contributed by atoms with E-state index in [1.807, 2.05) is 5.30 Å². The number of hydrogen-bond donors (Lipinski definition) is 0. The Bertz CT molecular complexity index is 421. The summed E-state index contributed by atoms with van der Waals surface area (Å²) < 4.78 is 0. The first-order valence-corrected chi connectivity index (χ1v) is 11.9. The zero-order valence-electron chi connectivity index (χ0n) is 14.1. The van der Waals surface area contributed by atoms with Crippen LogP contribution in [0.15, 0.2) is 30.3 Å². The van der Waals surface area contributed by atoms with Gasteiger partial charge in [0.2, 0.25) is 0 Å². The Kier molecular flexibility index (Phi) is 4.59. The van der Waals surface area contributed by atoms with E-state index in [0.717, 1.165) is 17.0 Å². The van der Waals surface area contributed by atoms with Gasteiger partial charge in [0.15, 0.2) is 0 Å². The Balaban J connectivity index is 1.82. The molecule has 0 spiro atoms. The van der Waals surface area contributed by atoms with E-state index < -0.39 is 7.26 Å². The van der Waals surface area contributed by atoms with Crippen LogP contribution in [0.1, 0.15) is 77.0 Å². The number of benzene rings is 1. The van der Waals surface area contributed by atoms with Crippen molar-refractivity contribution in [3.05, 3.63) is 30.3 Å². The van der Waals surface area contributed by atoms with Gasteiger partial charge in [-0.3, -0.25) is 0 Å².